The van der Waals surface area contributed by atoms with Crippen LogP contribution in [0.2, 0.25) is 0 Å². The summed E-state index contributed by atoms with van der Waals surface area (Å²) in [6, 6.07) is 12.4. The fraction of sp³-hybridized carbons (Fsp3) is 0.0476. The van der Waals surface area contributed by atoms with Crippen molar-refractivity contribution in [2.75, 3.05) is 4.90 Å². The van der Waals surface area contributed by atoms with Crippen LogP contribution in [0, 0.1) is 10.1 Å². The maximum absolute atomic E-state index is 12.9. The number of Topliss-reactive ketones (excluding diaryl/α,β-unsaturated/α-hetero) is 1. The van der Waals surface area contributed by atoms with E-state index in [1.807, 2.05) is 0 Å². The zero-order valence-electron chi connectivity index (χ0n) is 15.4. The average Bonchev–Trinajstić information content (AvgIpc) is 3.05. The van der Waals surface area contributed by atoms with Crippen molar-refractivity contribution >= 4 is 29.0 Å². The van der Waals surface area contributed by atoms with Crippen LogP contribution in [0.5, 0.6) is 0 Å². The number of carbonyl (C=O) groups is 2. The highest BCUT2D eigenvalue weighted by atomic mass is 16.6. The minimum Gasteiger partial charge on any atom is -0.507 e. The summed E-state index contributed by atoms with van der Waals surface area (Å²) in [7, 11) is 0. The lowest BCUT2D eigenvalue weighted by Crippen LogP contribution is -2.30. The average molecular weight is 402 g/mol. The first kappa shape index (κ1) is 18.9. The number of amides is 1. The molecule has 1 aromatic carbocycles. The summed E-state index contributed by atoms with van der Waals surface area (Å²) < 4.78 is 0. The number of rotatable bonds is 4. The number of nitro groups is 1. The van der Waals surface area contributed by atoms with Crippen LogP contribution in [-0.2, 0) is 9.59 Å². The molecular weight excluding hydrogens is 388 g/mol. The van der Waals surface area contributed by atoms with E-state index in [-0.39, 0.29) is 22.6 Å². The van der Waals surface area contributed by atoms with E-state index in [0.717, 1.165) is 0 Å². The summed E-state index contributed by atoms with van der Waals surface area (Å²) >= 11 is 0. The molecule has 1 aliphatic rings. The Morgan fingerprint density at radius 1 is 1.03 bits per heavy atom. The summed E-state index contributed by atoms with van der Waals surface area (Å²) in [6.45, 7) is 0. The van der Waals surface area contributed by atoms with Crippen molar-refractivity contribution in [3.63, 3.8) is 0 Å². The van der Waals surface area contributed by atoms with E-state index >= 15 is 0 Å². The maximum atomic E-state index is 12.9. The number of carbonyl (C=O) groups excluding carboxylic acids is 2. The van der Waals surface area contributed by atoms with Gasteiger partial charge in [0.15, 0.2) is 0 Å². The molecule has 2 aromatic heterocycles. The molecule has 0 radical (unpaired) electrons. The first-order chi connectivity index (χ1) is 14.5. The SMILES string of the molecule is O=C1C(=O)N(c2ccccn2)C(c2cccnc2)/C1=C(\O)c1ccc([N+](=O)[O-])cc1. The molecule has 9 nitrogen and oxygen atoms in total. The van der Waals surface area contributed by atoms with Gasteiger partial charge in [-0.05, 0) is 35.9 Å². The van der Waals surface area contributed by atoms with Gasteiger partial charge >= 0.3 is 5.91 Å². The Balaban J connectivity index is 1.90. The number of nitrogens with zero attached hydrogens (tertiary/aromatic N) is 4. The van der Waals surface area contributed by atoms with Crippen LogP contribution in [0.25, 0.3) is 5.76 Å². The highest BCUT2D eigenvalue weighted by molar-refractivity contribution is 6.51. The Hall–Kier alpha value is -4.40. The highest BCUT2D eigenvalue weighted by Crippen LogP contribution is 2.41. The zero-order chi connectivity index (χ0) is 21.3. The zero-order valence-corrected chi connectivity index (χ0v) is 15.4. The highest BCUT2D eigenvalue weighted by Gasteiger charge is 2.47. The van der Waals surface area contributed by atoms with Gasteiger partial charge in [-0.15, -0.1) is 0 Å². The molecule has 3 aromatic rings. The number of non-ortho nitro benzene ring substituents is 1. The lowest BCUT2D eigenvalue weighted by molar-refractivity contribution is -0.384. The number of nitro benzene ring substituents is 1. The topological polar surface area (TPSA) is 127 Å². The van der Waals surface area contributed by atoms with E-state index in [1.54, 1.807) is 36.5 Å². The minimum atomic E-state index is -0.955. The third-order valence-electron chi connectivity index (χ3n) is 4.69. The van der Waals surface area contributed by atoms with Crippen molar-refractivity contribution in [3.8, 4) is 0 Å². The number of anilines is 1. The first-order valence-electron chi connectivity index (χ1n) is 8.86. The molecule has 0 bridgehead atoms. The van der Waals surface area contributed by atoms with E-state index in [0.29, 0.717) is 5.56 Å². The van der Waals surface area contributed by atoms with Crippen LogP contribution in [0.15, 0.2) is 78.8 Å². The van der Waals surface area contributed by atoms with Crippen molar-refractivity contribution in [1.82, 2.24) is 9.97 Å². The van der Waals surface area contributed by atoms with Gasteiger partial charge in [-0.1, -0.05) is 12.1 Å². The van der Waals surface area contributed by atoms with Crippen molar-refractivity contribution in [1.29, 1.82) is 0 Å². The summed E-state index contributed by atoms with van der Waals surface area (Å²) in [6.07, 6.45) is 4.54. The molecule has 30 heavy (non-hydrogen) atoms. The van der Waals surface area contributed by atoms with Gasteiger partial charge in [-0.25, -0.2) is 4.98 Å². The molecule has 1 fully saturated rings. The lowest BCUT2D eigenvalue weighted by atomic mass is 9.96. The van der Waals surface area contributed by atoms with Crippen molar-refractivity contribution in [2.24, 2.45) is 0 Å². The van der Waals surface area contributed by atoms with Crippen molar-refractivity contribution in [2.45, 2.75) is 6.04 Å². The Morgan fingerprint density at radius 3 is 2.40 bits per heavy atom. The number of aliphatic hydroxyl groups excluding tert-OH is 1. The number of aromatic nitrogens is 2. The molecule has 1 unspecified atom stereocenters. The number of hydrogen-bond acceptors (Lipinski definition) is 7. The van der Waals surface area contributed by atoms with Gasteiger partial charge in [0, 0.05) is 36.3 Å². The maximum Gasteiger partial charge on any atom is 0.301 e. The molecule has 148 valence electrons. The van der Waals surface area contributed by atoms with E-state index in [2.05, 4.69) is 9.97 Å². The van der Waals surface area contributed by atoms with E-state index in [9.17, 15) is 24.8 Å². The normalized spacial score (nSPS) is 17.9. The molecule has 3 heterocycles. The molecule has 1 aliphatic heterocycles. The Morgan fingerprint density at radius 2 is 1.80 bits per heavy atom. The van der Waals surface area contributed by atoms with Crippen molar-refractivity contribution in [3.05, 3.63) is 100 Å². The predicted octanol–water partition coefficient (Wildman–Crippen LogP) is 3.01. The number of ketones is 1. The van der Waals surface area contributed by atoms with Gasteiger partial charge in [0.05, 0.1) is 16.5 Å². The van der Waals surface area contributed by atoms with Crippen LogP contribution in [0.1, 0.15) is 17.2 Å². The molecule has 0 aliphatic carbocycles. The molecule has 4 rings (SSSR count). The van der Waals surface area contributed by atoms with Gasteiger partial charge in [0.1, 0.15) is 11.6 Å². The quantitative estimate of drug-likeness (QED) is 0.234. The molecular formula is C21H14N4O5. The molecule has 1 amide bonds. The first-order valence-corrected chi connectivity index (χ1v) is 8.86. The number of benzene rings is 1. The number of aliphatic hydroxyl groups is 1. The van der Waals surface area contributed by atoms with Crippen LogP contribution in [-0.4, -0.2) is 31.7 Å². The molecule has 1 N–H and O–H groups in total. The van der Waals surface area contributed by atoms with E-state index in [4.69, 9.17) is 0 Å². The largest absolute Gasteiger partial charge is 0.507 e. The second kappa shape index (κ2) is 7.55. The number of pyridine rings is 2. The van der Waals surface area contributed by atoms with Gasteiger partial charge in [0.25, 0.3) is 11.5 Å². The van der Waals surface area contributed by atoms with Gasteiger partial charge in [-0.2, -0.15) is 0 Å². The summed E-state index contributed by atoms with van der Waals surface area (Å²) in [5, 5.41) is 21.8. The molecule has 1 saturated heterocycles. The van der Waals surface area contributed by atoms with Gasteiger partial charge in [0.2, 0.25) is 0 Å². The van der Waals surface area contributed by atoms with Crippen molar-refractivity contribution < 1.29 is 19.6 Å². The third-order valence-corrected chi connectivity index (χ3v) is 4.69. The van der Waals surface area contributed by atoms with E-state index in [1.165, 1.54) is 41.6 Å². The summed E-state index contributed by atoms with van der Waals surface area (Å²) in [5.41, 5.74) is 0.371. The minimum absolute atomic E-state index is 0.146. The molecule has 1 atom stereocenters. The monoisotopic (exact) mass is 402 g/mol. The van der Waals surface area contributed by atoms with Crippen LogP contribution < -0.4 is 4.90 Å². The Labute approximate surface area is 170 Å². The fourth-order valence-electron chi connectivity index (χ4n) is 3.31. The Bertz CT molecular complexity index is 1160. The third kappa shape index (κ3) is 3.18. The van der Waals surface area contributed by atoms with Gasteiger partial charge < -0.3 is 5.11 Å². The smallest absolute Gasteiger partial charge is 0.301 e. The molecule has 9 heteroatoms. The predicted molar refractivity (Wildman–Crippen MR) is 106 cm³/mol. The van der Waals surface area contributed by atoms with Crippen LogP contribution >= 0.6 is 0 Å². The summed E-state index contributed by atoms with van der Waals surface area (Å²) in [4.78, 5) is 45.5. The number of hydrogen-bond donors (Lipinski definition) is 1. The standard InChI is InChI=1S/C21H14N4O5/c26-19(13-6-8-15(9-7-13)25(29)30)17-18(14-4-3-10-22-12-14)24(21(28)20(17)27)16-5-1-2-11-23-16/h1-12,18,26H/b19-17+. The lowest BCUT2D eigenvalue weighted by Gasteiger charge is -2.24. The molecule has 0 saturated carbocycles. The second-order valence-electron chi connectivity index (χ2n) is 6.45. The second-order valence-corrected chi connectivity index (χ2v) is 6.45. The van der Waals surface area contributed by atoms with Gasteiger partial charge in [-0.3, -0.25) is 29.6 Å². The fourth-order valence-corrected chi connectivity index (χ4v) is 3.31. The molecule has 0 spiro atoms. The Kier molecular flexibility index (Phi) is 4.77. The van der Waals surface area contributed by atoms with Crippen LogP contribution in [0.3, 0.4) is 0 Å². The summed E-state index contributed by atoms with van der Waals surface area (Å²) in [5.74, 6) is -1.91. The van der Waals surface area contributed by atoms with E-state index < -0.39 is 28.4 Å². The van der Waals surface area contributed by atoms with Crippen LogP contribution in [0.4, 0.5) is 11.5 Å².